The molecule has 0 fully saturated rings. The van der Waals surface area contributed by atoms with Crippen LogP contribution in [0.4, 0.5) is 17.1 Å². The molecule has 0 radical (unpaired) electrons. The fraction of sp³-hybridized carbons (Fsp3) is 0.0141. The Labute approximate surface area is 421 Å². The maximum atomic E-state index is 2.50. The molecule has 2 aliphatic carbocycles. The van der Waals surface area contributed by atoms with Crippen LogP contribution in [0.2, 0.25) is 0 Å². The lowest BCUT2D eigenvalue weighted by atomic mass is 9.70. The molecule has 0 bridgehead atoms. The van der Waals surface area contributed by atoms with Gasteiger partial charge in [0, 0.05) is 17.1 Å². The van der Waals surface area contributed by atoms with E-state index < -0.39 is 5.41 Å². The Morgan fingerprint density at radius 2 is 0.625 bits per heavy atom. The molecule has 0 saturated carbocycles. The van der Waals surface area contributed by atoms with Crippen LogP contribution in [-0.2, 0) is 5.41 Å². The number of hydrogen-bond donors (Lipinski definition) is 0. The van der Waals surface area contributed by atoms with Crippen LogP contribution >= 0.6 is 0 Å². The van der Waals surface area contributed by atoms with Crippen molar-refractivity contribution in [2.24, 2.45) is 0 Å². The predicted molar refractivity (Wildman–Crippen MR) is 302 cm³/mol. The molecular formula is C71H47N. The summed E-state index contributed by atoms with van der Waals surface area (Å²) >= 11 is 0. The number of benzene rings is 12. The maximum Gasteiger partial charge on any atom is 0.0726 e. The van der Waals surface area contributed by atoms with Gasteiger partial charge in [-0.25, -0.2) is 0 Å². The van der Waals surface area contributed by atoms with Crippen LogP contribution in [0.25, 0.3) is 88.7 Å². The van der Waals surface area contributed by atoms with Gasteiger partial charge in [0.1, 0.15) is 0 Å². The second-order valence-corrected chi connectivity index (χ2v) is 19.1. The van der Waals surface area contributed by atoms with Crippen LogP contribution in [0.5, 0.6) is 0 Å². The summed E-state index contributed by atoms with van der Waals surface area (Å²) in [6.07, 6.45) is 0. The van der Waals surface area contributed by atoms with Crippen molar-refractivity contribution in [2.45, 2.75) is 5.41 Å². The third-order valence-electron chi connectivity index (χ3n) is 15.3. The van der Waals surface area contributed by atoms with Gasteiger partial charge in [-0.2, -0.15) is 0 Å². The van der Waals surface area contributed by atoms with E-state index >= 15 is 0 Å². The second kappa shape index (κ2) is 17.0. The number of hydrogen-bond acceptors (Lipinski definition) is 1. The standard InChI is InChI=1S/C71H47N/c1-3-21-49(22-4-1)58-30-9-10-34-65(58)70-59(50-23-5-2-6-24-50)35-19-36-60(70)54-27-18-29-56(46-54)72(55-28-17-26-52(45-55)53-41-40-48-20-7-8-25-51(48)44-53)57-42-43-64-63-33-13-16-39-68(63)71(69(64)47-57)66-37-14-11-31-61(66)62-32-12-15-38-67(62)71/h1-47H. The molecule has 0 aromatic heterocycles. The number of nitrogens with zero attached hydrogens (tertiary/aromatic N) is 1. The molecule has 12 aromatic rings. The SMILES string of the molecule is c1ccc(-c2ccccc2-c2c(-c3ccccc3)cccc2-c2cccc(N(c3cccc(-c4ccc5ccccc5c4)c3)c3ccc4c(c3)C3(c5ccccc5-c5ccccc53)c3ccccc3-4)c2)cc1. The fourth-order valence-corrected chi connectivity index (χ4v) is 12.2. The minimum Gasteiger partial charge on any atom is -0.310 e. The molecule has 0 saturated heterocycles. The van der Waals surface area contributed by atoms with Crippen LogP contribution < -0.4 is 4.90 Å². The van der Waals surface area contributed by atoms with Crippen molar-refractivity contribution in [1.82, 2.24) is 0 Å². The van der Waals surface area contributed by atoms with E-state index in [2.05, 4.69) is 290 Å². The van der Waals surface area contributed by atoms with Crippen LogP contribution in [0.3, 0.4) is 0 Å². The third-order valence-corrected chi connectivity index (χ3v) is 15.3. The quantitative estimate of drug-likeness (QED) is 0.147. The summed E-state index contributed by atoms with van der Waals surface area (Å²) in [7, 11) is 0. The lowest BCUT2D eigenvalue weighted by Crippen LogP contribution is -2.26. The summed E-state index contributed by atoms with van der Waals surface area (Å²) in [4.78, 5) is 2.48. The van der Waals surface area contributed by atoms with Gasteiger partial charge in [0.2, 0.25) is 0 Å². The van der Waals surface area contributed by atoms with Crippen molar-refractivity contribution >= 4 is 27.8 Å². The van der Waals surface area contributed by atoms with E-state index in [9.17, 15) is 0 Å². The van der Waals surface area contributed by atoms with Crippen molar-refractivity contribution in [2.75, 3.05) is 4.90 Å². The zero-order chi connectivity index (χ0) is 47.6. The fourth-order valence-electron chi connectivity index (χ4n) is 12.2. The Morgan fingerprint density at radius 1 is 0.208 bits per heavy atom. The first-order valence-corrected chi connectivity index (χ1v) is 25.0. The van der Waals surface area contributed by atoms with Gasteiger partial charge in [0.05, 0.1) is 5.41 Å². The molecule has 14 rings (SSSR count). The van der Waals surface area contributed by atoms with E-state index in [1.807, 2.05) is 0 Å². The summed E-state index contributed by atoms with van der Waals surface area (Å²) in [6, 6.07) is 106. The summed E-state index contributed by atoms with van der Waals surface area (Å²) in [5.41, 5.74) is 25.1. The number of anilines is 3. The lowest BCUT2D eigenvalue weighted by Gasteiger charge is -2.32. The van der Waals surface area contributed by atoms with E-state index in [1.54, 1.807) is 0 Å². The maximum absolute atomic E-state index is 2.50. The Balaban J connectivity index is 1.00. The molecule has 0 amide bonds. The molecule has 72 heavy (non-hydrogen) atoms. The number of fused-ring (bicyclic) bond motifs is 11. The molecule has 0 N–H and O–H groups in total. The summed E-state index contributed by atoms with van der Waals surface area (Å²) in [5.74, 6) is 0. The van der Waals surface area contributed by atoms with E-state index in [-0.39, 0.29) is 0 Å². The van der Waals surface area contributed by atoms with Crippen LogP contribution in [0.15, 0.2) is 285 Å². The zero-order valence-corrected chi connectivity index (χ0v) is 39.6. The van der Waals surface area contributed by atoms with E-state index in [1.165, 1.54) is 105 Å². The predicted octanol–water partition coefficient (Wildman–Crippen LogP) is 19.0. The molecule has 0 heterocycles. The molecule has 1 nitrogen and oxygen atoms in total. The first kappa shape index (κ1) is 41.7. The van der Waals surface area contributed by atoms with Gasteiger partial charge >= 0.3 is 0 Å². The monoisotopic (exact) mass is 913 g/mol. The van der Waals surface area contributed by atoms with Crippen LogP contribution in [0.1, 0.15) is 22.3 Å². The molecule has 1 heteroatoms. The zero-order valence-electron chi connectivity index (χ0n) is 39.6. The minimum absolute atomic E-state index is 0.478. The van der Waals surface area contributed by atoms with E-state index in [0.29, 0.717) is 0 Å². The van der Waals surface area contributed by atoms with E-state index in [0.717, 1.165) is 22.6 Å². The molecular weight excluding hydrogens is 867 g/mol. The minimum atomic E-state index is -0.478. The summed E-state index contributed by atoms with van der Waals surface area (Å²) in [5, 5.41) is 2.47. The van der Waals surface area contributed by atoms with Crippen molar-refractivity contribution in [3.63, 3.8) is 0 Å². The Hall–Kier alpha value is -9.30. The van der Waals surface area contributed by atoms with Crippen molar-refractivity contribution in [1.29, 1.82) is 0 Å². The van der Waals surface area contributed by atoms with Gasteiger partial charge in [-0.15, -0.1) is 0 Å². The van der Waals surface area contributed by atoms with Crippen LogP contribution in [0, 0.1) is 0 Å². The first-order chi connectivity index (χ1) is 35.7. The molecule has 0 atom stereocenters. The lowest BCUT2D eigenvalue weighted by molar-refractivity contribution is 0.793. The number of rotatable bonds is 8. The van der Waals surface area contributed by atoms with Crippen LogP contribution in [-0.4, -0.2) is 0 Å². The van der Waals surface area contributed by atoms with Gasteiger partial charge in [0.25, 0.3) is 0 Å². The van der Waals surface area contributed by atoms with Crippen molar-refractivity contribution in [3.8, 4) is 77.9 Å². The molecule has 0 unspecified atom stereocenters. The largest absolute Gasteiger partial charge is 0.310 e. The van der Waals surface area contributed by atoms with Crippen molar-refractivity contribution < 1.29 is 0 Å². The highest BCUT2D eigenvalue weighted by Crippen LogP contribution is 2.63. The highest BCUT2D eigenvalue weighted by atomic mass is 15.1. The first-order valence-electron chi connectivity index (χ1n) is 25.0. The van der Waals surface area contributed by atoms with Crippen molar-refractivity contribution in [3.05, 3.63) is 307 Å². The molecule has 336 valence electrons. The molecule has 12 aromatic carbocycles. The highest BCUT2D eigenvalue weighted by molar-refractivity contribution is 6.01. The van der Waals surface area contributed by atoms with Gasteiger partial charge in [-0.3, -0.25) is 0 Å². The molecule has 1 spiro atoms. The third kappa shape index (κ3) is 6.55. The molecule has 0 aliphatic heterocycles. The second-order valence-electron chi connectivity index (χ2n) is 19.1. The average Bonchev–Trinajstić information content (AvgIpc) is 3.93. The molecule has 2 aliphatic rings. The van der Waals surface area contributed by atoms with E-state index in [4.69, 9.17) is 0 Å². The normalized spacial score (nSPS) is 12.6. The topological polar surface area (TPSA) is 3.24 Å². The van der Waals surface area contributed by atoms with Gasteiger partial charge < -0.3 is 4.90 Å². The summed E-state index contributed by atoms with van der Waals surface area (Å²) < 4.78 is 0. The smallest absolute Gasteiger partial charge is 0.0726 e. The Bertz CT molecular complexity index is 3990. The highest BCUT2D eigenvalue weighted by Gasteiger charge is 2.51. The van der Waals surface area contributed by atoms with Gasteiger partial charge in [-0.1, -0.05) is 243 Å². The van der Waals surface area contributed by atoms with Gasteiger partial charge in [-0.05, 0) is 153 Å². The average molecular weight is 914 g/mol. The van der Waals surface area contributed by atoms with Gasteiger partial charge in [0.15, 0.2) is 0 Å². The Morgan fingerprint density at radius 3 is 1.26 bits per heavy atom. The summed E-state index contributed by atoms with van der Waals surface area (Å²) in [6.45, 7) is 0. The Kier molecular flexibility index (Phi) is 9.82.